The Morgan fingerprint density at radius 1 is 1.31 bits per heavy atom. The molecular formula is C12H13IN2O. The van der Waals surface area contributed by atoms with E-state index in [4.69, 9.17) is 5.11 Å². The zero-order valence-electron chi connectivity index (χ0n) is 8.75. The molecule has 1 aromatic carbocycles. The predicted molar refractivity (Wildman–Crippen MR) is 71.2 cm³/mol. The molecular weight excluding hydrogens is 315 g/mol. The summed E-state index contributed by atoms with van der Waals surface area (Å²) in [5, 5.41) is 13.4. The number of rotatable bonds is 4. The monoisotopic (exact) mass is 328 g/mol. The molecule has 16 heavy (non-hydrogen) atoms. The van der Waals surface area contributed by atoms with Crippen molar-refractivity contribution in [3.8, 4) is 0 Å². The quantitative estimate of drug-likeness (QED) is 0.876. The van der Waals surface area contributed by atoms with E-state index >= 15 is 0 Å². The summed E-state index contributed by atoms with van der Waals surface area (Å²) < 4.78 is 3.02. The summed E-state index contributed by atoms with van der Waals surface area (Å²) in [5.41, 5.74) is 1.18. The van der Waals surface area contributed by atoms with Gasteiger partial charge in [-0.15, -0.1) is 0 Å². The first kappa shape index (κ1) is 11.6. The second-order valence-electron chi connectivity index (χ2n) is 3.58. The van der Waals surface area contributed by atoms with E-state index < -0.39 is 0 Å². The van der Waals surface area contributed by atoms with E-state index in [1.54, 1.807) is 0 Å². The maximum atomic E-state index is 9.12. The molecule has 0 aliphatic carbocycles. The second-order valence-corrected chi connectivity index (χ2v) is 4.82. The van der Waals surface area contributed by atoms with Gasteiger partial charge < -0.3 is 5.11 Å². The molecule has 0 aliphatic heterocycles. The molecule has 4 heteroatoms. The average molecular weight is 328 g/mol. The smallest absolute Gasteiger partial charge is 0.0790 e. The van der Waals surface area contributed by atoms with Gasteiger partial charge in [0.2, 0.25) is 0 Å². The molecule has 2 aromatic rings. The highest BCUT2D eigenvalue weighted by atomic mass is 127. The topological polar surface area (TPSA) is 38.0 Å². The Morgan fingerprint density at radius 2 is 2.06 bits per heavy atom. The maximum Gasteiger partial charge on any atom is 0.0790 e. The molecule has 1 N–H and O–H groups in total. The molecule has 1 aromatic heterocycles. The number of benzene rings is 1. The highest BCUT2D eigenvalue weighted by Crippen LogP contribution is 2.21. The van der Waals surface area contributed by atoms with Crippen LogP contribution in [0.4, 0.5) is 0 Å². The van der Waals surface area contributed by atoms with Crippen molar-refractivity contribution in [2.75, 3.05) is 6.61 Å². The predicted octanol–water partition coefficient (Wildman–Crippen LogP) is 2.46. The van der Waals surface area contributed by atoms with Crippen LogP contribution in [-0.4, -0.2) is 21.5 Å². The zero-order chi connectivity index (χ0) is 11.4. The second kappa shape index (κ2) is 5.45. The molecule has 1 unspecified atom stereocenters. The normalized spacial score (nSPS) is 12.6. The molecule has 0 saturated carbocycles. The van der Waals surface area contributed by atoms with Gasteiger partial charge in [0, 0.05) is 12.8 Å². The van der Waals surface area contributed by atoms with Crippen LogP contribution in [0.15, 0.2) is 42.7 Å². The Kier molecular flexibility index (Phi) is 3.95. The van der Waals surface area contributed by atoms with E-state index in [-0.39, 0.29) is 12.6 Å². The number of nitrogens with zero attached hydrogens (tertiary/aromatic N) is 2. The molecule has 1 atom stereocenters. The molecule has 0 radical (unpaired) electrons. The van der Waals surface area contributed by atoms with Gasteiger partial charge in [-0.25, -0.2) is 0 Å². The lowest BCUT2D eigenvalue weighted by Gasteiger charge is -2.16. The standard InChI is InChI=1S/C12H13IN2O/c13-11-8-14-15(9-11)12(6-7-16)10-4-2-1-3-5-10/h1-5,8-9,12,16H,6-7H2. The fourth-order valence-electron chi connectivity index (χ4n) is 1.73. The molecule has 0 aliphatic rings. The number of aliphatic hydroxyl groups is 1. The first-order valence-corrected chi connectivity index (χ1v) is 6.24. The van der Waals surface area contributed by atoms with Crippen molar-refractivity contribution >= 4 is 22.6 Å². The van der Waals surface area contributed by atoms with Crippen LogP contribution in [0.1, 0.15) is 18.0 Å². The van der Waals surface area contributed by atoms with Gasteiger partial charge in [0.15, 0.2) is 0 Å². The lowest BCUT2D eigenvalue weighted by Crippen LogP contribution is -2.12. The number of aromatic nitrogens is 2. The van der Waals surface area contributed by atoms with Gasteiger partial charge in [0.1, 0.15) is 0 Å². The van der Waals surface area contributed by atoms with Gasteiger partial charge in [-0.05, 0) is 34.6 Å². The Balaban J connectivity index is 2.31. The van der Waals surface area contributed by atoms with Gasteiger partial charge in [0.25, 0.3) is 0 Å². The molecule has 1 heterocycles. The van der Waals surface area contributed by atoms with Crippen molar-refractivity contribution in [2.24, 2.45) is 0 Å². The van der Waals surface area contributed by atoms with Crippen molar-refractivity contribution in [2.45, 2.75) is 12.5 Å². The molecule has 2 rings (SSSR count). The van der Waals surface area contributed by atoms with Gasteiger partial charge in [-0.1, -0.05) is 30.3 Å². The van der Waals surface area contributed by atoms with Crippen LogP contribution in [0, 0.1) is 3.57 Å². The van der Waals surface area contributed by atoms with Gasteiger partial charge in [-0.3, -0.25) is 4.68 Å². The molecule has 0 fully saturated rings. The average Bonchev–Trinajstić information content (AvgIpc) is 2.74. The van der Waals surface area contributed by atoms with E-state index in [0.29, 0.717) is 6.42 Å². The third kappa shape index (κ3) is 2.62. The van der Waals surface area contributed by atoms with Crippen molar-refractivity contribution < 1.29 is 5.11 Å². The first-order valence-electron chi connectivity index (χ1n) is 5.16. The largest absolute Gasteiger partial charge is 0.396 e. The van der Waals surface area contributed by atoms with Crippen LogP contribution >= 0.6 is 22.6 Å². The summed E-state index contributed by atoms with van der Waals surface area (Å²) in [7, 11) is 0. The lowest BCUT2D eigenvalue weighted by molar-refractivity contribution is 0.263. The van der Waals surface area contributed by atoms with Crippen LogP contribution < -0.4 is 0 Å². The fraction of sp³-hybridized carbons (Fsp3) is 0.250. The van der Waals surface area contributed by atoms with E-state index in [9.17, 15) is 0 Å². The number of aliphatic hydroxyl groups excluding tert-OH is 1. The van der Waals surface area contributed by atoms with Crippen molar-refractivity contribution in [1.29, 1.82) is 0 Å². The highest BCUT2D eigenvalue weighted by molar-refractivity contribution is 14.1. The molecule has 0 amide bonds. The number of halogens is 1. The summed E-state index contributed by atoms with van der Waals surface area (Å²) in [6.07, 6.45) is 4.50. The fourth-order valence-corrected chi connectivity index (χ4v) is 2.14. The summed E-state index contributed by atoms with van der Waals surface area (Å²) in [5.74, 6) is 0. The van der Waals surface area contributed by atoms with Crippen LogP contribution in [0.5, 0.6) is 0 Å². The summed E-state index contributed by atoms with van der Waals surface area (Å²) in [4.78, 5) is 0. The van der Waals surface area contributed by atoms with E-state index in [1.807, 2.05) is 35.3 Å². The Bertz CT molecular complexity index is 441. The van der Waals surface area contributed by atoms with Gasteiger partial charge in [0.05, 0.1) is 15.8 Å². The zero-order valence-corrected chi connectivity index (χ0v) is 10.9. The van der Waals surface area contributed by atoms with Crippen LogP contribution in [0.3, 0.4) is 0 Å². The third-order valence-corrected chi connectivity index (χ3v) is 3.03. The van der Waals surface area contributed by atoms with E-state index in [1.165, 1.54) is 5.56 Å². The minimum Gasteiger partial charge on any atom is -0.396 e. The number of hydrogen-bond acceptors (Lipinski definition) is 2. The SMILES string of the molecule is OCCC(c1ccccc1)n1cc(I)cn1. The highest BCUT2D eigenvalue weighted by Gasteiger charge is 2.13. The summed E-state index contributed by atoms with van der Waals surface area (Å²) in [6, 6.07) is 10.3. The molecule has 0 bridgehead atoms. The van der Waals surface area contributed by atoms with E-state index in [0.717, 1.165) is 3.57 Å². The van der Waals surface area contributed by atoms with Crippen LogP contribution in [0.25, 0.3) is 0 Å². The molecule has 0 spiro atoms. The molecule has 3 nitrogen and oxygen atoms in total. The Labute approximate surface area is 108 Å². The molecule has 0 saturated heterocycles. The van der Waals surface area contributed by atoms with Crippen LogP contribution in [-0.2, 0) is 0 Å². The third-order valence-electron chi connectivity index (χ3n) is 2.48. The van der Waals surface area contributed by atoms with Crippen molar-refractivity contribution in [3.63, 3.8) is 0 Å². The van der Waals surface area contributed by atoms with Crippen LogP contribution in [0.2, 0.25) is 0 Å². The first-order chi connectivity index (χ1) is 7.81. The summed E-state index contributed by atoms with van der Waals surface area (Å²) in [6.45, 7) is 0.163. The van der Waals surface area contributed by atoms with Gasteiger partial charge in [-0.2, -0.15) is 5.10 Å². The van der Waals surface area contributed by atoms with E-state index in [2.05, 4.69) is 39.8 Å². The van der Waals surface area contributed by atoms with Crippen molar-refractivity contribution in [3.05, 3.63) is 51.9 Å². The molecule has 84 valence electrons. The van der Waals surface area contributed by atoms with Gasteiger partial charge >= 0.3 is 0 Å². The number of hydrogen-bond donors (Lipinski definition) is 1. The minimum atomic E-state index is 0.120. The Morgan fingerprint density at radius 3 is 2.62 bits per heavy atom. The summed E-state index contributed by atoms with van der Waals surface area (Å²) >= 11 is 2.24. The maximum absolute atomic E-state index is 9.12. The minimum absolute atomic E-state index is 0.120. The van der Waals surface area contributed by atoms with Crippen molar-refractivity contribution in [1.82, 2.24) is 9.78 Å². The Hall–Kier alpha value is -0.880. The lowest BCUT2D eigenvalue weighted by atomic mass is 10.0.